The summed E-state index contributed by atoms with van der Waals surface area (Å²) in [5, 5.41) is 3.77. The Labute approximate surface area is 127 Å². The van der Waals surface area contributed by atoms with Gasteiger partial charge in [-0.2, -0.15) is 0 Å². The molecule has 0 aliphatic carbocycles. The van der Waals surface area contributed by atoms with Crippen molar-refractivity contribution in [1.29, 1.82) is 0 Å². The number of hydrogen-bond donors (Lipinski definition) is 1. The quantitative estimate of drug-likeness (QED) is 0.887. The van der Waals surface area contributed by atoms with Crippen LogP contribution in [0.4, 0.5) is 0 Å². The van der Waals surface area contributed by atoms with E-state index in [1.807, 2.05) is 20.8 Å². The van der Waals surface area contributed by atoms with E-state index in [0.717, 1.165) is 15.6 Å². The van der Waals surface area contributed by atoms with Gasteiger partial charge >= 0.3 is 0 Å². The summed E-state index contributed by atoms with van der Waals surface area (Å²) < 4.78 is 10.3. The Bertz CT molecular complexity index is 619. The van der Waals surface area contributed by atoms with E-state index in [1.54, 1.807) is 7.11 Å². The number of aryl methyl sites for hydroxylation is 1. The first-order valence-corrected chi connectivity index (χ1v) is 7.50. The van der Waals surface area contributed by atoms with Gasteiger partial charge in [0.05, 0.1) is 18.8 Å². The van der Waals surface area contributed by atoms with E-state index in [2.05, 4.69) is 15.3 Å². The highest BCUT2D eigenvalue weighted by atomic mass is 32.1. The summed E-state index contributed by atoms with van der Waals surface area (Å²) in [4.78, 5) is 21.6. The predicted octanol–water partition coefficient (Wildman–Crippen LogP) is 2.64. The van der Waals surface area contributed by atoms with Crippen LogP contribution in [0.3, 0.4) is 0 Å². The molecule has 6 nitrogen and oxygen atoms in total. The average molecular weight is 309 g/mol. The molecule has 2 aromatic heterocycles. The topological polar surface area (TPSA) is 77.2 Å². The van der Waals surface area contributed by atoms with Gasteiger partial charge in [0.15, 0.2) is 12.1 Å². The molecule has 0 saturated heterocycles. The summed E-state index contributed by atoms with van der Waals surface area (Å²) in [6.45, 7) is 6.76. The van der Waals surface area contributed by atoms with Crippen LogP contribution in [0.15, 0.2) is 10.8 Å². The van der Waals surface area contributed by atoms with Crippen molar-refractivity contribution in [2.24, 2.45) is 0 Å². The zero-order chi connectivity index (χ0) is 15.4. The molecule has 0 atom stereocenters. The summed E-state index contributed by atoms with van der Waals surface area (Å²) in [5.74, 6) is 0.494. The minimum absolute atomic E-state index is 0.117. The molecule has 0 fully saturated rings. The molecule has 0 aromatic carbocycles. The SMILES string of the molecule is COCc1nc(C)c(CNC(=O)c2ncoc2C(C)C)s1. The van der Waals surface area contributed by atoms with Gasteiger partial charge in [0.25, 0.3) is 5.91 Å². The molecule has 7 heteroatoms. The molecule has 2 heterocycles. The molecule has 2 aromatic rings. The predicted molar refractivity (Wildman–Crippen MR) is 79.3 cm³/mol. The highest BCUT2D eigenvalue weighted by Crippen LogP contribution is 2.20. The summed E-state index contributed by atoms with van der Waals surface area (Å²) in [6, 6.07) is 0. The lowest BCUT2D eigenvalue weighted by Crippen LogP contribution is -2.24. The van der Waals surface area contributed by atoms with Gasteiger partial charge in [-0.3, -0.25) is 4.79 Å². The van der Waals surface area contributed by atoms with Crippen molar-refractivity contribution in [3.63, 3.8) is 0 Å². The molecule has 1 N–H and O–H groups in total. The van der Waals surface area contributed by atoms with Crippen LogP contribution in [0.25, 0.3) is 0 Å². The lowest BCUT2D eigenvalue weighted by molar-refractivity contribution is 0.0944. The summed E-state index contributed by atoms with van der Waals surface area (Å²) in [7, 11) is 1.64. The Morgan fingerprint density at radius 1 is 1.52 bits per heavy atom. The van der Waals surface area contributed by atoms with Crippen molar-refractivity contribution < 1.29 is 13.9 Å². The van der Waals surface area contributed by atoms with Crippen LogP contribution >= 0.6 is 11.3 Å². The van der Waals surface area contributed by atoms with Crippen LogP contribution < -0.4 is 5.32 Å². The number of nitrogens with zero attached hydrogens (tertiary/aromatic N) is 2. The van der Waals surface area contributed by atoms with Crippen molar-refractivity contribution in [1.82, 2.24) is 15.3 Å². The van der Waals surface area contributed by atoms with E-state index < -0.39 is 0 Å². The number of oxazole rings is 1. The third-order valence-corrected chi connectivity index (χ3v) is 4.08. The van der Waals surface area contributed by atoms with Crippen molar-refractivity contribution in [2.45, 2.75) is 39.8 Å². The Morgan fingerprint density at radius 3 is 2.95 bits per heavy atom. The summed E-state index contributed by atoms with van der Waals surface area (Å²) in [6.07, 6.45) is 1.30. The second-order valence-corrected chi connectivity index (χ2v) is 6.12. The lowest BCUT2D eigenvalue weighted by Gasteiger charge is -2.05. The van der Waals surface area contributed by atoms with Gasteiger partial charge < -0.3 is 14.5 Å². The van der Waals surface area contributed by atoms with E-state index in [4.69, 9.17) is 9.15 Å². The number of ether oxygens (including phenoxy) is 1. The average Bonchev–Trinajstić information content (AvgIpc) is 3.03. The smallest absolute Gasteiger partial charge is 0.273 e. The maximum absolute atomic E-state index is 12.2. The fraction of sp³-hybridized carbons (Fsp3) is 0.500. The summed E-state index contributed by atoms with van der Waals surface area (Å²) >= 11 is 1.54. The van der Waals surface area contributed by atoms with E-state index in [9.17, 15) is 4.79 Å². The first kappa shape index (κ1) is 15.7. The van der Waals surface area contributed by atoms with Crippen molar-refractivity contribution in [2.75, 3.05) is 7.11 Å². The number of hydrogen-bond acceptors (Lipinski definition) is 6. The van der Waals surface area contributed by atoms with Gasteiger partial charge in [0.2, 0.25) is 0 Å². The number of amides is 1. The van der Waals surface area contributed by atoms with Crippen molar-refractivity contribution in [3.05, 3.63) is 33.4 Å². The number of carbonyl (C=O) groups excluding carboxylic acids is 1. The molecule has 0 radical (unpaired) electrons. The highest BCUT2D eigenvalue weighted by Gasteiger charge is 2.19. The van der Waals surface area contributed by atoms with Gasteiger partial charge in [-0.25, -0.2) is 9.97 Å². The van der Waals surface area contributed by atoms with E-state index in [1.165, 1.54) is 17.7 Å². The Kier molecular flexibility index (Phi) is 5.08. The van der Waals surface area contributed by atoms with E-state index in [0.29, 0.717) is 24.6 Å². The van der Waals surface area contributed by atoms with Crippen LogP contribution in [-0.2, 0) is 17.9 Å². The number of rotatable bonds is 6. The maximum Gasteiger partial charge on any atom is 0.273 e. The maximum atomic E-state index is 12.2. The molecule has 1 amide bonds. The van der Waals surface area contributed by atoms with Crippen LogP contribution in [0.1, 0.15) is 51.6 Å². The van der Waals surface area contributed by atoms with E-state index >= 15 is 0 Å². The molecular formula is C14H19N3O3S. The van der Waals surface area contributed by atoms with Crippen molar-refractivity contribution in [3.8, 4) is 0 Å². The Morgan fingerprint density at radius 2 is 2.29 bits per heavy atom. The molecule has 0 aliphatic heterocycles. The van der Waals surface area contributed by atoms with Crippen molar-refractivity contribution >= 4 is 17.2 Å². The molecular weight excluding hydrogens is 290 g/mol. The largest absolute Gasteiger partial charge is 0.447 e. The van der Waals surface area contributed by atoms with Gasteiger partial charge in [-0.05, 0) is 6.92 Å². The zero-order valence-electron chi connectivity index (χ0n) is 12.6. The lowest BCUT2D eigenvalue weighted by atomic mass is 10.1. The van der Waals surface area contributed by atoms with Crippen LogP contribution in [0.5, 0.6) is 0 Å². The molecule has 21 heavy (non-hydrogen) atoms. The summed E-state index contributed by atoms with van der Waals surface area (Å²) in [5.41, 5.74) is 1.26. The molecule has 0 saturated carbocycles. The molecule has 0 spiro atoms. The van der Waals surface area contributed by atoms with Gasteiger partial charge in [0, 0.05) is 17.9 Å². The fourth-order valence-electron chi connectivity index (χ4n) is 1.92. The molecule has 0 bridgehead atoms. The minimum Gasteiger partial charge on any atom is -0.447 e. The second-order valence-electron chi connectivity index (χ2n) is 4.95. The minimum atomic E-state index is -0.228. The molecule has 0 unspecified atom stereocenters. The van der Waals surface area contributed by atoms with Crippen LogP contribution in [0.2, 0.25) is 0 Å². The van der Waals surface area contributed by atoms with E-state index in [-0.39, 0.29) is 11.8 Å². The first-order chi connectivity index (χ1) is 10.0. The highest BCUT2D eigenvalue weighted by molar-refractivity contribution is 7.11. The number of aromatic nitrogens is 2. The van der Waals surface area contributed by atoms with Gasteiger partial charge in [-0.1, -0.05) is 13.8 Å². The third-order valence-electron chi connectivity index (χ3n) is 2.95. The Balaban J connectivity index is 2.02. The standard InChI is InChI=1S/C14H19N3O3S/c1-8(2)13-12(16-7-20-13)14(18)15-5-10-9(3)17-11(21-10)6-19-4/h7-8H,5-6H2,1-4H3,(H,15,18). The monoisotopic (exact) mass is 309 g/mol. The number of thiazole rings is 1. The van der Waals surface area contributed by atoms with Gasteiger partial charge in [0.1, 0.15) is 10.8 Å². The molecule has 2 rings (SSSR count). The number of methoxy groups -OCH3 is 1. The van der Waals surface area contributed by atoms with Gasteiger partial charge in [-0.15, -0.1) is 11.3 Å². The number of carbonyl (C=O) groups is 1. The normalized spacial score (nSPS) is 11.1. The zero-order valence-corrected chi connectivity index (χ0v) is 13.4. The fourth-order valence-corrected chi connectivity index (χ4v) is 2.90. The Hall–Kier alpha value is -1.73. The third kappa shape index (κ3) is 3.68. The number of nitrogens with one attached hydrogen (secondary N) is 1. The first-order valence-electron chi connectivity index (χ1n) is 6.68. The van der Waals surface area contributed by atoms with Crippen LogP contribution in [-0.4, -0.2) is 23.0 Å². The van der Waals surface area contributed by atoms with Crippen LogP contribution in [0, 0.1) is 6.92 Å². The second kappa shape index (κ2) is 6.82. The molecule has 0 aliphatic rings. The molecule has 114 valence electrons.